The van der Waals surface area contributed by atoms with Crippen molar-refractivity contribution >= 4 is 35.0 Å². The third kappa shape index (κ3) is 10.8. The van der Waals surface area contributed by atoms with Crippen LogP contribution in [0.4, 0.5) is 0 Å². The number of benzene rings is 1. The molecule has 4 amide bonds. The Bertz CT molecular complexity index is 1340. The summed E-state index contributed by atoms with van der Waals surface area (Å²) < 4.78 is 11.8. The van der Waals surface area contributed by atoms with Crippen molar-refractivity contribution in [2.45, 2.75) is 96.7 Å². The molecule has 0 saturated carbocycles. The number of nitrogens with zero attached hydrogens (tertiary/aromatic N) is 3. The van der Waals surface area contributed by atoms with Crippen LogP contribution in [0, 0.1) is 17.8 Å². The van der Waals surface area contributed by atoms with Gasteiger partial charge in [0, 0.05) is 39.4 Å². The Labute approximate surface area is 295 Å². The lowest BCUT2D eigenvalue weighted by Gasteiger charge is -2.38. The van der Waals surface area contributed by atoms with Crippen molar-refractivity contribution in [2.24, 2.45) is 23.5 Å². The van der Waals surface area contributed by atoms with Crippen molar-refractivity contribution in [3.63, 3.8) is 0 Å². The van der Waals surface area contributed by atoms with E-state index in [9.17, 15) is 19.2 Å². The zero-order valence-corrected chi connectivity index (χ0v) is 31.1. The van der Waals surface area contributed by atoms with Crippen LogP contribution in [0.15, 0.2) is 41.9 Å². The minimum atomic E-state index is -0.713. The largest absolute Gasteiger partial charge is 0.379 e. The highest BCUT2D eigenvalue weighted by atomic mass is 32.1. The van der Waals surface area contributed by atoms with Crippen LogP contribution < -0.4 is 16.4 Å². The molecule has 3 rings (SSSR count). The van der Waals surface area contributed by atoms with Gasteiger partial charge >= 0.3 is 0 Å². The average molecular weight is 701 g/mol. The number of likely N-dealkylation sites (N-methyl/N-ethyl adjacent to an activating group) is 1. The lowest BCUT2D eigenvalue weighted by Crippen LogP contribution is -2.54. The summed E-state index contributed by atoms with van der Waals surface area (Å²) in [5, 5.41) is 8.56. The minimum Gasteiger partial charge on any atom is -0.379 e. The molecule has 0 bridgehead atoms. The van der Waals surface area contributed by atoms with Gasteiger partial charge in [0.05, 0.1) is 55.3 Å². The molecule has 272 valence electrons. The van der Waals surface area contributed by atoms with Gasteiger partial charge in [-0.1, -0.05) is 65.0 Å². The first-order valence-electron chi connectivity index (χ1n) is 17.2. The number of rotatable bonds is 18. The Morgan fingerprint density at radius 2 is 1.73 bits per heavy atom. The highest BCUT2D eigenvalue weighted by Gasteiger charge is 2.42. The number of nitrogens with one attached hydrogen (secondary N) is 2. The van der Waals surface area contributed by atoms with E-state index in [4.69, 9.17) is 15.2 Å². The van der Waals surface area contributed by atoms with Gasteiger partial charge in [-0.15, -0.1) is 11.3 Å². The van der Waals surface area contributed by atoms with Gasteiger partial charge in [0.2, 0.25) is 23.6 Å². The first-order valence-corrected chi connectivity index (χ1v) is 18.1. The van der Waals surface area contributed by atoms with Crippen LogP contribution in [0.2, 0.25) is 0 Å². The van der Waals surface area contributed by atoms with E-state index in [-0.39, 0.29) is 60.5 Å². The highest BCUT2D eigenvalue weighted by molar-refractivity contribution is 7.09. The Morgan fingerprint density at radius 1 is 1.04 bits per heavy atom. The number of hydrogen-bond donors (Lipinski definition) is 3. The lowest BCUT2D eigenvalue weighted by atomic mass is 9.92. The van der Waals surface area contributed by atoms with Crippen molar-refractivity contribution in [2.75, 3.05) is 34.4 Å². The molecule has 1 aliphatic rings. The molecule has 13 heteroatoms. The van der Waals surface area contributed by atoms with E-state index < -0.39 is 30.2 Å². The second kappa shape index (κ2) is 19.1. The summed E-state index contributed by atoms with van der Waals surface area (Å²) in [6.07, 6.45) is 2.72. The van der Waals surface area contributed by atoms with E-state index in [1.807, 2.05) is 70.3 Å². The summed E-state index contributed by atoms with van der Waals surface area (Å²) in [5.41, 5.74) is 7.02. The fraction of sp³-hybridized carbons (Fsp3) is 0.639. The number of methoxy groups -OCH3 is 2. The third-order valence-corrected chi connectivity index (χ3v) is 10.4. The first-order chi connectivity index (χ1) is 23.3. The normalized spacial score (nSPS) is 18.4. The van der Waals surface area contributed by atoms with Crippen molar-refractivity contribution < 1.29 is 28.7 Å². The maximum Gasteiger partial charge on any atom is 0.242 e. The van der Waals surface area contributed by atoms with Crippen LogP contribution >= 0.6 is 11.3 Å². The van der Waals surface area contributed by atoms with Crippen molar-refractivity contribution in [3.8, 4) is 0 Å². The quantitative estimate of drug-likeness (QED) is 0.214. The number of hydrogen-bond acceptors (Lipinski definition) is 9. The molecule has 12 nitrogen and oxygen atoms in total. The maximum absolute atomic E-state index is 14.0. The van der Waals surface area contributed by atoms with Crippen LogP contribution in [0.3, 0.4) is 0 Å². The molecular weight excluding hydrogens is 644 g/mol. The van der Waals surface area contributed by atoms with Crippen LogP contribution in [-0.4, -0.2) is 103 Å². The predicted molar refractivity (Wildman–Crippen MR) is 190 cm³/mol. The van der Waals surface area contributed by atoms with E-state index in [1.54, 1.807) is 30.2 Å². The van der Waals surface area contributed by atoms with Crippen molar-refractivity contribution in [1.29, 1.82) is 0 Å². The SMILES string of the molecule is CO[C@H]([C@@H](C)C(=O)NC(Cc1ccccc1)c1nccs1)[C@@H]1CCCN1C(=O)C[C@@H](OC)[C@H](C(C)C)N(C)C(=O)CNC(=O)C(N)C(C)C. The average Bonchev–Trinajstić information content (AvgIpc) is 3.80. The van der Waals surface area contributed by atoms with E-state index in [1.165, 1.54) is 18.4 Å². The lowest BCUT2D eigenvalue weighted by molar-refractivity contribution is -0.145. The third-order valence-electron chi connectivity index (χ3n) is 9.54. The van der Waals surface area contributed by atoms with Crippen LogP contribution in [-0.2, 0) is 35.1 Å². The number of aromatic nitrogens is 1. The molecule has 4 N–H and O–H groups in total. The first kappa shape index (κ1) is 40.0. The summed E-state index contributed by atoms with van der Waals surface area (Å²) in [6, 6.07) is 8.22. The van der Waals surface area contributed by atoms with E-state index in [0.29, 0.717) is 19.4 Å². The molecule has 49 heavy (non-hydrogen) atoms. The van der Waals surface area contributed by atoms with Gasteiger partial charge in [-0.3, -0.25) is 19.2 Å². The number of carbonyl (C=O) groups is 4. The zero-order chi connectivity index (χ0) is 36.2. The molecule has 2 heterocycles. The van der Waals surface area contributed by atoms with Gasteiger partial charge in [0.15, 0.2) is 0 Å². The summed E-state index contributed by atoms with van der Waals surface area (Å²) >= 11 is 1.50. The number of amides is 4. The number of carbonyl (C=O) groups excluding carboxylic acids is 4. The molecule has 1 saturated heterocycles. The summed E-state index contributed by atoms with van der Waals surface area (Å²) in [5.74, 6) is -1.65. The van der Waals surface area contributed by atoms with Gasteiger partial charge < -0.3 is 35.6 Å². The zero-order valence-electron chi connectivity index (χ0n) is 30.3. The Balaban J connectivity index is 1.69. The van der Waals surface area contributed by atoms with Crippen molar-refractivity contribution in [3.05, 3.63) is 52.5 Å². The Morgan fingerprint density at radius 3 is 2.31 bits per heavy atom. The second-order valence-corrected chi connectivity index (χ2v) is 14.5. The van der Waals surface area contributed by atoms with E-state index >= 15 is 0 Å². The summed E-state index contributed by atoms with van der Waals surface area (Å²) in [7, 11) is 4.78. The molecule has 1 aromatic carbocycles. The molecule has 0 spiro atoms. The minimum absolute atomic E-state index is 0.0399. The van der Waals surface area contributed by atoms with Crippen molar-refractivity contribution in [1.82, 2.24) is 25.4 Å². The van der Waals surface area contributed by atoms with Crippen LogP contribution in [0.25, 0.3) is 0 Å². The fourth-order valence-electron chi connectivity index (χ4n) is 6.68. The van der Waals surface area contributed by atoms with Crippen LogP contribution in [0.1, 0.15) is 70.5 Å². The number of likely N-dealkylation sites (tertiary alicyclic amines) is 1. The molecule has 0 radical (unpaired) electrons. The summed E-state index contributed by atoms with van der Waals surface area (Å²) in [4.78, 5) is 61.1. The van der Waals surface area contributed by atoms with Gasteiger partial charge in [-0.05, 0) is 36.7 Å². The number of nitrogens with two attached hydrogens (primary N) is 1. The fourth-order valence-corrected chi connectivity index (χ4v) is 7.37. The Hall–Kier alpha value is -3.39. The van der Waals surface area contributed by atoms with Gasteiger partial charge in [0.1, 0.15) is 5.01 Å². The monoisotopic (exact) mass is 700 g/mol. The van der Waals surface area contributed by atoms with E-state index in [2.05, 4.69) is 15.6 Å². The standard InChI is InChI=1S/C36H56N6O6S/c1-22(2)31(37)35(46)39-21-30(44)41(6)32(23(3)4)28(47-7)20-29(43)42-17-12-15-27(42)33(48-8)24(5)34(45)40-26(36-38-16-18-49-36)19-25-13-10-9-11-14-25/h9-11,13-14,16,18,22-24,26-28,31-33H,12,15,17,19-21,37H2,1-8H3,(H,39,46)(H,40,45)/t24-,26?,27+,28-,31?,32+,33-/m1/s1. The predicted octanol–water partition coefficient (Wildman–Crippen LogP) is 3.17. The van der Waals surface area contributed by atoms with Gasteiger partial charge in [-0.25, -0.2) is 4.98 Å². The molecule has 7 atom stereocenters. The molecular formula is C36H56N6O6S. The second-order valence-electron chi connectivity index (χ2n) is 13.6. The molecule has 0 aliphatic carbocycles. The highest BCUT2D eigenvalue weighted by Crippen LogP contribution is 2.30. The topological polar surface area (TPSA) is 156 Å². The molecule has 1 aromatic heterocycles. The molecule has 1 aliphatic heterocycles. The molecule has 2 unspecified atom stereocenters. The smallest absolute Gasteiger partial charge is 0.242 e. The van der Waals surface area contributed by atoms with E-state index in [0.717, 1.165) is 17.0 Å². The number of thiazole rings is 1. The van der Waals surface area contributed by atoms with Crippen LogP contribution in [0.5, 0.6) is 0 Å². The Kier molecular flexibility index (Phi) is 15.6. The maximum atomic E-state index is 14.0. The summed E-state index contributed by atoms with van der Waals surface area (Å²) in [6.45, 7) is 9.79. The number of ether oxygens (including phenoxy) is 2. The molecule has 2 aromatic rings. The van der Waals surface area contributed by atoms with Gasteiger partial charge in [-0.2, -0.15) is 0 Å². The van der Waals surface area contributed by atoms with Gasteiger partial charge in [0.25, 0.3) is 0 Å². The molecule has 1 fully saturated rings.